The molecule has 0 saturated heterocycles. The third-order valence-corrected chi connectivity index (χ3v) is 3.55. The molecule has 3 nitrogen and oxygen atoms in total. The third kappa shape index (κ3) is 4.72. The number of benzene rings is 2. The average molecular weight is 505 g/mol. The summed E-state index contributed by atoms with van der Waals surface area (Å²) in [6, 6.07) is 24.9. The van der Waals surface area contributed by atoms with Crippen LogP contribution in [-0.2, 0) is 20.1 Å². The minimum Gasteiger partial charge on any atom is -0.661 e. The first-order valence-electron chi connectivity index (χ1n) is 7.65. The molecule has 2 aromatic carbocycles. The van der Waals surface area contributed by atoms with E-state index in [4.69, 9.17) is 0 Å². The van der Waals surface area contributed by atoms with Crippen LogP contribution in [0.5, 0.6) is 0 Å². The predicted molar refractivity (Wildman–Crippen MR) is 95.8 cm³/mol. The molecule has 0 N–H and O–H groups in total. The van der Waals surface area contributed by atoms with Gasteiger partial charge in [-0.15, -0.1) is 35.9 Å². The monoisotopic (exact) mass is 505 g/mol. The molecular weight excluding hydrogens is 488 g/mol. The van der Waals surface area contributed by atoms with Crippen molar-refractivity contribution in [3.63, 3.8) is 0 Å². The van der Waals surface area contributed by atoms with Crippen LogP contribution in [0.25, 0.3) is 22.0 Å². The van der Waals surface area contributed by atoms with Crippen LogP contribution in [0.4, 0.5) is 0 Å². The second-order valence-electron chi connectivity index (χ2n) is 5.24. The van der Waals surface area contributed by atoms with Crippen LogP contribution < -0.4 is 4.98 Å². The third-order valence-electron chi connectivity index (χ3n) is 3.55. The van der Waals surface area contributed by atoms with E-state index in [1.807, 2.05) is 48.7 Å². The topological polar surface area (TPSA) is 44.1 Å². The van der Waals surface area contributed by atoms with Crippen LogP contribution in [-0.4, -0.2) is 10.8 Å². The maximum Gasteiger partial charge on any atom is 0.138 e. The first-order chi connectivity index (χ1) is 11.8. The maximum absolute atomic E-state index is 10.4. The molecule has 0 fully saturated rings. The molecule has 1 radical (unpaired) electrons. The summed E-state index contributed by atoms with van der Waals surface area (Å²) in [5, 5.41) is 2.39. The fourth-order valence-corrected chi connectivity index (χ4v) is 2.38. The van der Waals surface area contributed by atoms with Gasteiger partial charge in [-0.05, 0) is 29.5 Å². The molecule has 2 heterocycles. The minimum absolute atomic E-state index is 0. The molecule has 0 aliphatic rings. The van der Waals surface area contributed by atoms with E-state index >= 15 is 0 Å². The number of hydrogen-bond donors (Lipinski definition) is 0. The van der Waals surface area contributed by atoms with Crippen molar-refractivity contribution in [1.82, 2.24) is 9.97 Å². The quantitative estimate of drug-likeness (QED) is 0.297. The number of hydrogen-bond acceptors (Lipinski definition) is 2. The number of carbonyl (C=O) groups excluding carboxylic acids is 1. The van der Waals surface area contributed by atoms with Gasteiger partial charge >= 0.3 is 0 Å². The summed E-state index contributed by atoms with van der Waals surface area (Å²) in [4.78, 5) is 18.7. The van der Waals surface area contributed by atoms with E-state index in [1.165, 1.54) is 17.7 Å². The summed E-state index contributed by atoms with van der Waals surface area (Å²) >= 11 is 0. The van der Waals surface area contributed by atoms with Crippen molar-refractivity contribution in [3.8, 4) is 11.3 Å². The number of carbonyl (C=O) groups is 1. The van der Waals surface area contributed by atoms with Crippen molar-refractivity contribution in [2.45, 2.75) is 6.92 Å². The molecule has 0 aliphatic carbocycles. The largest absolute Gasteiger partial charge is 0.661 e. The Balaban J connectivity index is 0.000000214. The summed E-state index contributed by atoms with van der Waals surface area (Å²) < 4.78 is 0. The zero-order valence-corrected chi connectivity index (χ0v) is 16.0. The molecule has 0 aliphatic heterocycles. The summed E-state index contributed by atoms with van der Waals surface area (Å²) in [6.45, 7) is 1.50. The minimum atomic E-state index is 0. The van der Waals surface area contributed by atoms with E-state index < -0.39 is 0 Å². The summed E-state index contributed by atoms with van der Waals surface area (Å²) in [5.41, 5.74) is 2.59. The number of ketones is 1. The second kappa shape index (κ2) is 9.07. The molecule has 0 unspecified atom stereocenters. The van der Waals surface area contributed by atoms with Gasteiger partial charge in [-0.25, -0.2) is 0 Å². The molecule has 0 atom stereocenters. The van der Waals surface area contributed by atoms with E-state index in [-0.39, 0.29) is 25.9 Å². The van der Waals surface area contributed by atoms with Gasteiger partial charge in [-0.3, -0.25) is 4.79 Å². The van der Waals surface area contributed by atoms with E-state index in [0.29, 0.717) is 5.69 Å². The van der Waals surface area contributed by atoms with Gasteiger partial charge in [0.15, 0.2) is 0 Å². The number of Topliss-reactive ketones (excluding diaryl/α,β-unsaturated/α-hetero) is 1. The van der Waals surface area contributed by atoms with Crippen molar-refractivity contribution >= 4 is 16.6 Å². The molecule has 4 heteroatoms. The van der Waals surface area contributed by atoms with Gasteiger partial charge in [-0.2, -0.15) is 6.20 Å². The molecule has 127 valence electrons. The summed E-state index contributed by atoms with van der Waals surface area (Å²) in [7, 11) is 0. The van der Waals surface area contributed by atoms with Gasteiger partial charge in [-0.1, -0.05) is 42.1 Å². The zero-order valence-electron chi connectivity index (χ0n) is 13.6. The van der Waals surface area contributed by atoms with Crippen LogP contribution in [0.15, 0.2) is 79.1 Å². The number of pyridine rings is 1. The molecule has 4 aromatic rings. The zero-order chi connectivity index (χ0) is 16.8. The standard InChI is InChI=1S/C15H10N.C6H7NO.Ir/c1-2-7-13(8-3-1)15-14-9-5-4-6-12(14)10-11-16-15;1-5(8)6-3-2-4-7-6;/h1-7,9-11H;2-4H,1H3,(H,7,8);/q-1;;/p-1. The molecule has 2 aromatic heterocycles. The van der Waals surface area contributed by atoms with Crippen molar-refractivity contribution < 1.29 is 24.9 Å². The van der Waals surface area contributed by atoms with Crippen LogP contribution in [0.2, 0.25) is 0 Å². The molecule has 25 heavy (non-hydrogen) atoms. The summed E-state index contributed by atoms with van der Waals surface area (Å²) in [5.74, 6) is 0.0231. The normalized spacial score (nSPS) is 9.64. The molecule has 4 rings (SSSR count). The van der Waals surface area contributed by atoms with Crippen LogP contribution in [0.3, 0.4) is 0 Å². The molecule has 0 amide bonds. The fourth-order valence-electron chi connectivity index (χ4n) is 2.38. The fraction of sp³-hybridized carbons (Fsp3) is 0.0476. The van der Waals surface area contributed by atoms with E-state index in [1.54, 1.807) is 18.3 Å². The first-order valence-corrected chi connectivity index (χ1v) is 7.65. The van der Waals surface area contributed by atoms with Gasteiger partial charge in [0.05, 0.1) is 0 Å². The Morgan fingerprint density at radius 3 is 2.44 bits per heavy atom. The molecular formula is C21H16IrN2O-2. The van der Waals surface area contributed by atoms with Gasteiger partial charge in [0.25, 0.3) is 0 Å². The van der Waals surface area contributed by atoms with Crippen LogP contribution in [0.1, 0.15) is 17.4 Å². The Morgan fingerprint density at radius 2 is 1.80 bits per heavy atom. The Labute approximate surface area is 160 Å². The van der Waals surface area contributed by atoms with Gasteiger partial charge in [0.2, 0.25) is 0 Å². The Kier molecular flexibility index (Phi) is 6.81. The number of aromatic nitrogens is 2. The van der Waals surface area contributed by atoms with E-state index in [9.17, 15) is 4.79 Å². The predicted octanol–water partition coefficient (Wildman–Crippen LogP) is 4.55. The number of nitrogens with zero attached hydrogens (tertiary/aromatic N) is 2. The SMILES string of the molecule is CC(=O)c1ccc[n-]1.[Ir].[c-]1ccccc1-c1nccc2ccccc12. The van der Waals surface area contributed by atoms with E-state index in [0.717, 1.165) is 11.3 Å². The Hall–Kier alpha value is -2.55. The van der Waals surface area contributed by atoms with Gasteiger partial charge in [0.1, 0.15) is 5.78 Å². The van der Waals surface area contributed by atoms with Crippen LogP contribution >= 0.6 is 0 Å². The average Bonchev–Trinajstić information content (AvgIpc) is 3.18. The summed E-state index contributed by atoms with van der Waals surface area (Å²) in [6.07, 6.45) is 3.45. The van der Waals surface area contributed by atoms with Gasteiger partial charge in [0, 0.05) is 26.3 Å². The smallest absolute Gasteiger partial charge is 0.138 e. The van der Waals surface area contributed by atoms with Crippen molar-refractivity contribution in [2.24, 2.45) is 0 Å². The Morgan fingerprint density at radius 1 is 1.00 bits per heavy atom. The Bertz CT molecular complexity index is 929. The first kappa shape index (κ1) is 18.8. The van der Waals surface area contributed by atoms with Gasteiger partial charge < -0.3 is 9.97 Å². The van der Waals surface area contributed by atoms with E-state index in [2.05, 4.69) is 28.2 Å². The van der Waals surface area contributed by atoms with Crippen LogP contribution in [0, 0.1) is 6.07 Å². The number of rotatable bonds is 2. The maximum atomic E-state index is 10.4. The number of fused-ring (bicyclic) bond motifs is 1. The second-order valence-corrected chi connectivity index (χ2v) is 5.24. The molecule has 0 spiro atoms. The molecule has 0 saturated carbocycles. The van der Waals surface area contributed by atoms with Crippen molar-refractivity contribution in [2.75, 3.05) is 0 Å². The van der Waals surface area contributed by atoms with Crippen molar-refractivity contribution in [1.29, 1.82) is 0 Å². The van der Waals surface area contributed by atoms with Crippen molar-refractivity contribution in [3.05, 3.63) is 90.9 Å². The molecule has 0 bridgehead atoms.